The van der Waals surface area contributed by atoms with E-state index in [1.807, 2.05) is 0 Å². The second-order valence-corrected chi connectivity index (χ2v) is 4.68. The normalized spacial score (nSPS) is 40.2. The fourth-order valence-corrected chi connectivity index (χ4v) is 3.17. The van der Waals surface area contributed by atoms with E-state index in [0.29, 0.717) is 6.42 Å². The number of rotatable bonds is 2. The van der Waals surface area contributed by atoms with Crippen molar-refractivity contribution in [2.24, 2.45) is 17.8 Å². The number of aliphatic hydroxyl groups excluding tert-OH is 1. The van der Waals surface area contributed by atoms with Crippen LogP contribution in [-0.4, -0.2) is 28.1 Å². The molecule has 0 amide bonds. The summed E-state index contributed by atoms with van der Waals surface area (Å²) in [6.45, 7) is 0. The molecule has 2 saturated carbocycles. The molecule has 0 bridgehead atoms. The quantitative estimate of drug-likeness (QED) is 0.710. The molecule has 0 spiro atoms. The molecule has 0 saturated heterocycles. The largest absolute Gasteiger partial charge is 0.481 e. The van der Waals surface area contributed by atoms with Crippen LogP contribution in [0.1, 0.15) is 32.1 Å². The first kappa shape index (κ1) is 10.6. The van der Waals surface area contributed by atoms with E-state index in [1.54, 1.807) is 0 Å². The third-order valence-corrected chi connectivity index (χ3v) is 3.89. The first-order valence-corrected chi connectivity index (χ1v) is 5.52. The number of hydrogen-bond donors (Lipinski definition) is 2. The molecule has 0 aromatic carbocycles. The average molecular weight is 212 g/mol. The van der Waals surface area contributed by atoms with Crippen LogP contribution in [0, 0.1) is 17.8 Å². The number of ketones is 1. The van der Waals surface area contributed by atoms with Crippen LogP contribution < -0.4 is 0 Å². The van der Waals surface area contributed by atoms with Crippen molar-refractivity contribution in [2.45, 2.75) is 38.2 Å². The van der Waals surface area contributed by atoms with Crippen molar-refractivity contribution in [3.63, 3.8) is 0 Å². The topological polar surface area (TPSA) is 74.6 Å². The van der Waals surface area contributed by atoms with Crippen LogP contribution in [0.5, 0.6) is 0 Å². The van der Waals surface area contributed by atoms with Crippen molar-refractivity contribution in [2.75, 3.05) is 0 Å². The van der Waals surface area contributed by atoms with Gasteiger partial charge in [0, 0.05) is 12.3 Å². The number of aliphatic hydroxyl groups is 1. The molecule has 2 aliphatic carbocycles. The van der Waals surface area contributed by atoms with E-state index in [-0.39, 0.29) is 36.1 Å². The number of hydrogen-bond acceptors (Lipinski definition) is 3. The first-order chi connectivity index (χ1) is 7.09. The summed E-state index contributed by atoms with van der Waals surface area (Å²) in [6, 6.07) is 0. The molecule has 0 heterocycles. The third-order valence-electron chi connectivity index (χ3n) is 3.89. The van der Waals surface area contributed by atoms with Crippen molar-refractivity contribution < 1.29 is 19.8 Å². The molecular weight excluding hydrogens is 196 g/mol. The van der Waals surface area contributed by atoms with Crippen LogP contribution in [-0.2, 0) is 9.59 Å². The molecule has 0 aromatic heterocycles. The summed E-state index contributed by atoms with van der Waals surface area (Å²) in [6.07, 6.45) is 2.32. The Labute approximate surface area is 88.3 Å². The standard InChI is InChI=1S/C11H16O4/c12-9-3-1-6-7(9)2-4-10(13)8(6)5-11(14)15/h6-9,12H,1-5H2,(H,14,15). The van der Waals surface area contributed by atoms with Gasteiger partial charge in [0.1, 0.15) is 5.78 Å². The molecular formula is C11H16O4. The molecule has 2 aliphatic rings. The van der Waals surface area contributed by atoms with Crippen molar-refractivity contribution in [3.8, 4) is 0 Å². The Hall–Kier alpha value is -0.900. The fourth-order valence-electron chi connectivity index (χ4n) is 3.17. The smallest absolute Gasteiger partial charge is 0.304 e. The molecule has 2 rings (SSSR count). The Kier molecular flexibility index (Phi) is 2.78. The predicted molar refractivity (Wildman–Crippen MR) is 52.2 cm³/mol. The van der Waals surface area contributed by atoms with E-state index in [0.717, 1.165) is 19.3 Å². The lowest BCUT2D eigenvalue weighted by Crippen LogP contribution is -2.36. The predicted octanol–water partition coefficient (Wildman–Crippen LogP) is 0.827. The number of aliphatic carboxylic acids is 1. The molecule has 4 heteroatoms. The van der Waals surface area contributed by atoms with E-state index in [4.69, 9.17) is 5.11 Å². The SMILES string of the molecule is O=C(O)CC1C(=O)CCC2C(O)CCC12. The Morgan fingerprint density at radius 1 is 1.27 bits per heavy atom. The van der Waals surface area contributed by atoms with Gasteiger partial charge < -0.3 is 10.2 Å². The highest BCUT2D eigenvalue weighted by Gasteiger charge is 2.45. The van der Waals surface area contributed by atoms with Gasteiger partial charge in [-0.05, 0) is 31.1 Å². The summed E-state index contributed by atoms with van der Waals surface area (Å²) in [5.41, 5.74) is 0. The fraction of sp³-hybridized carbons (Fsp3) is 0.818. The highest BCUT2D eigenvalue weighted by molar-refractivity contribution is 5.86. The van der Waals surface area contributed by atoms with Gasteiger partial charge in [0.15, 0.2) is 0 Å². The zero-order chi connectivity index (χ0) is 11.0. The number of Topliss-reactive ketones (excluding diaryl/α,β-unsaturated/α-hetero) is 1. The summed E-state index contributed by atoms with van der Waals surface area (Å²) in [4.78, 5) is 22.3. The van der Waals surface area contributed by atoms with Crippen molar-refractivity contribution in [1.82, 2.24) is 0 Å². The van der Waals surface area contributed by atoms with Crippen LogP contribution in [0.15, 0.2) is 0 Å². The van der Waals surface area contributed by atoms with Crippen LogP contribution in [0.4, 0.5) is 0 Å². The van der Waals surface area contributed by atoms with E-state index in [1.165, 1.54) is 0 Å². The monoisotopic (exact) mass is 212 g/mol. The molecule has 2 N–H and O–H groups in total. The minimum absolute atomic E-state index is 0.0628. The van der Waals surface area contributed by atoms with Gasteiger partial charge >= 0.3 is 5.97 Å². The molecule has 84 valence electrons. The Balaban J connectivity index is 2.12. The maximum absolute atomic E-state index is 11.6. The van der Waals surface area contributed by atoms with Gasteiger partial charge in [-0.25, -0.2) is 0 Å². The van der Waals surface area contributed by atoms with E-state index >= 15 is 0 Å². The van der Waals surface area contributed by atoms with Gasteiger partial charge in [-0.2, -0.15) is 0 Å². The second kappa shape index (κ2) is 3.93. The molecule has 0 aliphatic heterocycles. The van der Waals surface area contributed by atoms with E-state index in [2.05, 4.69) is 0 Å². The maximum atomic E-state index is 11.6. The zero-order valence-corrected chi connectivity index (χ0v) is 8.56. The molecule has 0 aromatic rings. The molecule has 15 heavy (non-hydrogen) atoms. The summed E-state index contributed by atoms with van der Waals surface area (Å²) in [5, 5.41) is 18.5. The van der Waals surface area contributed by atoms with E-state index < -0.39 is 5.97 Å². The molecule has 4 atom stereocenters. The number of carboxylic acid groups (broad SMARTS) is 1. The van der Waals surface area contributed by atoms with Gasteiger partial charge in [0.05, 0.1) is 12.5 Å². The lowest BCUT2D eigenvalue weighted by atomic mass is 9.71. The number of fused-ring (bicyclic) bond motifs is 1. The van der Waals surface area contributed by atoms with E-state index in [9.17, 15) is 14.7 Å². The van der Waals surface area contributed by atoms with Crippen LogP contribution in [0.25, 0.3) is 0 Å². The molecule has 4 unspecified atom stereocenters. The molecule has 4 nitrogen and oxygen atoms in total. The Morgan fingerprint density at radius 3 is 2.67 bits per heavy atom. The minimum atomic E-state index is -0.907. The van der Waals surface area contributed by atoms with Crippen molar-refractivity contribution in [1.29, 1.82) is 0 Å². The van der Waals surface area contributed by atoms with Crippen LogP contribution in [0.2, 0.25) is 0 Å². The summed E-state index contributed by atoms with van der Waals surface area (Å²) in [5.74, 6) is -0.911. The van der Waals surface area contributed by atoms with Gasteiger partial charge in [-0.3, -0.25) is 9.59 Å². The lowest BCUT2D eigenvalue weighted by Gasteiger charge is -2.32. The van der Waals surface area contributed by atoms with Gasteiger partial charge in [-0.1, -0.05) is 0 Å². The van der Waals surface area contributed by atoms with Gasteiger partial charge in [0.2, 0.25) is 0 Å². The van der Waals surface area contributed by atoms with Crippen molar-refractivity contribution >= 4 is 11.8 Å². The van der Waals surface area contributed by atoms with Gasteiger partial charge in [0.25, 0.3) is 0 Å². The summed E-state index contributed by atoms with van der Waals surface area (Å²) < 4.78 is 0. The minimum Gasteiger partial charge on any atom is -0.481 e. The number of carboxylic acids is 1. The average Bonchev–Trinajstić information content (AvgIpc) is 2.52. The first-order valence-electron chi connectivity index (χ1n) is 5.52. The van der Waals surface area contributed by atoms with Crippen LogP contribution in [0.3, 0.4) is 0 Å². The van der Waals surface area contributed by atoms with Gasteiger partial charge in [-0.15, -0.1) is 0 Å². The summed E-state index contributed by atoms with van der Waals surface area (Å²) >= 11 is 0. The zero-order valence-electron chi connectivity index (χ0n) is 8.56. The summed E-state index contributed by atoms with van der Waals surface area (Å²) in [7, 11) is 0. The van der Waals surface area contributed by atoms with Crippen LogP contribution >= 0.6 is 0 Å². The second-order valence-electron chi connectivity index (χ2n) is 4.68. The lowest BCUT2D eigenvalue weighted by molar-refractivity contribution is -0.143. The molecule has 2 fully saturated rings. The highest BCUT2D eigenvalue weighted by Crippen LogP contribution is 2.45. The maximum Gasteiger partial charge on any atom is 0.304 e. The third kappa shape index (κ3) is 1.91. The molecule has 0 radical (unpaired) electrons. The Morgan fingerprint density at radius 2 is 2.00 bits per heavy atom. The number of carbonyl (C=O) groups is 2. The van der Waals surface area contributed by atoms with Crippen molar-refractivity contribution in [3.05, 3.63) is 0 Å². The Bertz CT molecular complexity index is 286. The number of carbonyl (C=O) groups excluding carboxylic acids is 1. The highest BCUT2D eigenvalue weighted by atomic mass is 16.4.